The lowest BCUT2D eigenvalue weighted by Crippen LogP contribution is -2.12. The minimum atomic E-state index is -4.34. The second-order valence-corrected chi connectivity index (χ2v) is 2.70. The minimum absolute atomic E-state index is 0.102. The first-order chi connectivity index (χ1) is 6.93. The quantitative estimate of drug-likeness (QED) is 0.580. The molecule has 0 aromatic heterocycles. The number of nitrogens with zero attached hydrogens (tertiary/aromatic N) is 1. The Morgan fingerprint density at radius 2 is 1.80 bits per heavy atom. The number of methoxy groups -OCH3 is 1. The van der Waals surface area contributed by atoms with Gasteiger partial charge in [-0.1, -0.05) is 0 Å². The van der Waals surface area contributed by atoms with Gasteiger partial charge < -0.3 is 10.5 Å². The molecule has 0 unspecified atom stereocenters. The maximum Gasteiger partial charge on any atom is 0.416 e. The van der Waals surface area contributed by atoms with Crippen molar-refractivity contribution in [1.82, 2.24) is 0 Å². The van der Waals surface area contributed by atoms with Gasteiger partial charge in [0.2, 0.25) is 0 Å². The van der Waals surface area contributed by atoms with E-state index in [9.17, 15) is 13.2 Å². The van der Waals surface area contributed by atoms with Crippen LogP contribution in [0.4, 0.5) is 18.9 Å². The third kappa shape index (κ3) is 3.16. The lowest BCUT2D eigenvalue weighted by molar-refractivity contribution is -0.137. The molecule has 0 fully saturated rings. The molecule has 1 aromatic carbocycles. The maximum atomic E-state index is 12.2. The zero-order valence-electron chi connectivity index (χ0n) is 7.88. The molecule has 82 valence electrons. The van der Waals surface area contributed by atoms with E-state index in [1.165, 1.54) is 19.2 Å². The summed E-state index contributed by atoms with van der Waals surface area (Å²) in [5.41, 5.74) is 4.82. The highest BCUT2D eigenvalue weighted by atomic mass is 19.4. The van der Waals surface area contributed by atoms with Crippen molar-refractivity contribution in [1.29, 1.82) is 0 Å². The third-order valence-electron chi connectivity index (χ3n) is 1.64. The van der Waals surface area contributed by atoms with Crippen molar-refractivity contribution in [3.05, 3.63) is 29.8 Å². The number of alkyl halides is 3. The van der Waals surface area contributed by atoms with Crippen molar-refractivity contribution in [2.75, 3.05) is 7.11 Å². The Morgan fingerprint density at radius 3 is 2.20 bits per heavy atom. The Labute approximate surface area is 84.4 Å². The van der Waals surface area contributed by atoms with Crippen molar-refractivity contribution in [2.45, 2.75) is 6.18 Å². The molecule has 0 spiro atoms. The fraction of sp³-hybridized carbons (Fsp3) is 0.222. The van der Waals surface area contributed by atoms with E-state index >= 15 is 0 Å². The van der Waals surface area contributed by atoms with Crippen LogP contribution in [-0.4, -0.2) is 13.1 Å². The molecule has 0 radical (unpaired) electrons. The minimum Gasteiger partial charge on any atom is -0.469 e. The van der Waals surface area contributed by atoms with Crippen LogP contribution in [-0.2, 0) is 10.9 Å². The molecular formula is C9H9F3N2O. The summed E-state index contributed by atoms with van der Waals surface area (Å²) in [7, 11) is 1.32. The second kappa shape index (κ2) is 4.20. The van der Waals surface area contributed by atoms with Crippen LogP contribution in [0, 0.1) is 0 Å². The van der Waals surface area contributed by atoms with Crippen LogP contribution in [0.2, 0.25) is 0 Å². The number of benzene rings is 1. The Morgan fingerprint density at radius 1 is 1.27 bits per heavy atom. The van der Waals surface area contributed by atoms with Gasteiger partial charge in [-0.25, -0.2) is 0 Å². The molecule has 6 heteroatoms. The number of amidine groups is 1. The van der Waals surface area contributed by atoms with Gasteiger partial charge in [0.1, 0.15) is 0 Å². The summed E-state index contributed by atoms with van der Waals surface area (Å²) in [6, 6.07) is 4.20. The van der Waals surface area contributed by atoms with Crippen molar-refractivity contribution >= 4 is 11.7 Å². The SMILES string of the molecule is COC(N)=Nc1ccc(C(F)(F)F)cc1. The summed E-state index contributed by atoms with van der Waals surface area (Å²) in [5, 5.41) is 0. The number of ether oxygens (including phenoxy) is 1. The highest BCUT2D eigenvalue weighted by Crippen LogP contribution is 2.30. The van der Waals surface area contributed by atoms with Gasteiger partial charge in [-0.05, 0) is 24.3 Å². The average molecular weight is 218 g/mol. The molecule has 0 amide bonds. The highest BCUT2D eigenvalue weighted by Gasteiger charge is 2.29. The van der Waals surface area contributed by atoms with Crippen molar-refractivity contribution < 1.29 is 17.9 Å². The molecule has 0 atom stereocenters. The molecule has 1 rings (SSSR count). The molecule has 0 bridgehead atoms. The van der Waals surface area contributed by atoms with Crippen LogP contribution in [0.25, 0.3) is 0 Å². The largest absolute Gasteiger partial charge is 0.469 e. The molecule has 0 aliphatic rings. The van der Waals surface area contributed by atoms with Gasteiger partial charge in [0.15, 0.2) is 0 Å². The molecular weight excluding hydrogens is 209 g/mol. The van der Waals surface area contributed by atoms with Gasteiger partial charge in [0.05, 0.1) is 18.4 Å². The Balaban J connectivity index is 2.91. The number of rotatable bonds is 1. The van der Waals surface area contributed by atoms with E-state index in [0.29, 0.717) is 5.69 Å². The van der Waals surface area contributed by atoms with Crippen LogP contribution in [0.3, 0.4) is 0 Å². The molecule has 2 N–H and O–H groups in total. The molecule has 0 heterocycles. The average Bonchev–Trinajstić information content (AvgIpc) is 2.17. The van der Waals surface area contributed by atoms with Crippen LogP contribution >= 0.6 is 0 Å². The molecule has 1 aromatic rings. The topological polar surface area (TPSA) is 47.6 Å². The van der Waals surface area contributed by atoms with E-state index in [1.807, 2.05) is 0 Å². The number of halogens is 3. The van der Waals surface area contributed by atoms with Gasteiger partial charge in [-0.3, -0.25) is 0 Å². The molecule has 0 saturated carbocycles. The molecule has 3 nitrogen and oxygen atoms in total. The van der Waals surface area contributed by atoms with Crippen LogP contribution in [0.5, 0.6) is 0 Å². The van der Waals surface area contributed by atoms with Gasteiger partial charge >= 0.3 is 6.18 Å². The summed E-state index contributed by atoms with van der Waals surface area (Å²) in [5.74, 6) is 0. The Hall–Kier alpha value is -1.72. The smallest absolute Gasteiger partial charge is 0.416 e. The summed E-state index contributed by atoms with van der Waals surface area (Å²) in [6.45, 7) is 0. The monoisotopic (exact) mass is 218 g/mol. The lowest BCUT2D eigenvalue weighted by atomic mass is 10.2. The van der Waals surface area contributed by atoms with E-state index in [-0.39, 0.29) is 6.02 Å². The Kier molecular flexibility index (Phi) is 3.18. The Bertz CT molecular complexity index is 357. The van der Waals surface area contributed by atoms with E-state index in [1.54, 1.807) is 0 Å². The first kappa shape index (κ1) is 11.4. The predicted molar refractivity (Wildman–Crippen MR) is 49.7 cm³/mol. The van der Waals surface area contributed by atoms with Gasteiger partial charge in [0.25, 0.3) is 6.02 Å². The molecule has 0 aliphatic heterocycles. The van der Waals surface area contributed by atoms with Gasteiger partial charge in [-0.2, -0.15) is 18.2 Å². The van der Waals surface area contributed by atoms with Crippen LogP contribution < -0.4 is 5.73 Å². The zero-order chi connectivity index (χ0) is 11.5. The summed E-state index contributed by atoms with van der Waals surface area (Å²) >= 11 is 0. The normalized spacial score (nSPS) is 12.7. The van der Waals surface area contributed by atoms with E-state index in [2.05, 4.69) is 9.73 Å². The third-order valence-corrected chi connectivity index (χ3v) is 1.64. The summed E-state index contributed by atoms with van der Waals surface area (Å²) in [4.78, 5) is 3.71. The van der Waals surface area contributed by atoms with Gasteiger partial charge in [0, 0.05) is 0 Å². The van der Waals surface area contributed by atoms with E-state index < -0.39 is 11.7 Å². The van der Waals surface area contributed by atoms with Gasteiger partial charge in [-0.15, -0.1) is 0 Å². The molecule has 0 saturated heterocycles. The number of aliphatic imine (C=N–C) groups is 1. The van der Waals surface area contributed by atoms with Crippen LogP contribution in [0.15, 0.2) is 29.3 Å². The zero-order valence-corrected chi connectivity index (χ0v) is 7.88. The molecule has 15 heavy (non-hydrogen) atoms. The van der Waals surface area contributed by atoms with E-state index in [0.717, 1.165) is 12.1 Å². The predicted octanol–water partition coefficient (Wildman–Crippen LogP) is 2.30. The number of nitrogens with two attached hydrogens (primary N) is 1. The van der Waals surface area contributed by atoms with E-state index in [4.69, 9.17) is 5.73 Å². The second-order valence-electron chi connectivity index (χ2n) is 2.70. The van der Waals surface area contributed by atoms with Crippen molar-refractivity contribution in [3.8, 4) is 0 Å². The summed E-state index contributed by atoms with van der Waals surface area (Å²) in [6.07, 6.45) is -4.34. The molecule has 0 aliphatic carbocycles. The number of hydrogen-bond acceptors (Lipinski definition) is 2. The maximum absolute atomic E-state index is 12.2. The highest BCUT2D eigenvalue weighted by molar-refractivity contribution is 5.74. The summed E-state index contributed by atoms with van der Waals surface area (Å²) < 4.78 is 41.0. The number of hydrogen-bond donors (Lipinski definition) is 1. The fourth-order valence-corrected chi connectivity index (χ4v) is 0.898. The lowest BCUT2D eigenvalue weighted by Gasteiger charge is -2.05. The standard InChI is InChI=1S/C9H9F3N2O/c1-15-8(13)14-7-4-2-6(3-5-7)9(10,11)12/h2-5H,1H3,(H2,13,14). The van der Waals surface area contributed by atoms with Crippen molar-refractivity contribution in [2.24, 2.45) is 10.7 Å². The first-order valence-electron chi connectivity index (χ1n) is 3.99. The fourth-order valence-electron chi connectivity index (χ4n) is 0.898. The first-order valence-corrected chi connectivity index (χ1v) is 3.99. The van der Waals surface area contributed by atoms with Crippen molar-refractivity contribution in [3.63, 3.8) is 0 Å². The van der Waals surface area contributed by atoms with Crippen LogP contribution in [0.1, 0.15) is 5.56 Å².